The minimum Gasteiger partial charge on any atom is -0.310 e. The van der Waals surface area contributed by atoms with Crippen LogP contribution in [0.15, 0.2) is 12.2 Å². The highest BCUT2D eigenvalue weighted by molar-refractivity contribution is 7.99. The molecule has 0 radical (unpaired) electrons. The Morgan fingerprint density at radius 3 is 2.67 bits per heavy atom. The molecular formula is C16H27NS. The Balaban J connectivity index is 1.56. The summed E-state index contributed by atoms with van der Waals surface area (Å²) < 4.78 is 0. The second-order valence-corrected chi connectivity index (χ2v) is 7.64. The maximum Gasteiger partial charge on any atom is 0.0198 e. The molecule has 0 heterocycles. The van der Waals surface area contributed by atoms with E-state index in [4.69, 9.17) is 0 Å². The van der Waals surface area contributed by atoms with Crippen molar-refractivity contribution in [1.29, 1.82) is 0 Å². The van der Waals surface area contributed by atoms with Crippen molar-refractivity contribution in [3.8, 4) is 0 Å². The van der Waals surface area contributed by atoms with Crippen LogP contribution in [0.5, 0.6) is 0 Å². The van der Waals surface area contributed by atoms with Crippen molar-refractivity contribution < 1.29 is 0 Å². The number of rotatable bonds is 4. The number of thioether (sulfide) groups is 1. The first-order valence-corrected chi connectivity index (χ1v) is 9.04. The lowest BCUT2D eigenvalue weighted by Gasteiger charge is -2.36. The first-order valence-electron chi connectivity index (χ1n) is 7.75. The highest BCUT2D eigenvalue weighted by Crippen LogP contribution is 2.45. The molecule has 0 saturated heterocycles. The molecule has 0 aromatic rings. The van der Waals surface area contributed by atoms with Crippen LogP contribution in [0, 0.1) is 17.8 Å². The molecule has 0 amide bonds. The zero-order valence-electron chi connectivity index (χ0n) is 11.8. The van der Waals surface area contributed by atoms with Gasteiger partial charge in [0, 0.05) is 17.3 Å². The summed E-state index contributed by atoms with van der Waals surface area (Å²) in [6, 6.07) is 1.48. The van der Waals surface area contributed by atoms with Gasteiger partial charge in [-0.05, 0) is 56.6 Å². The van der Waals surface area contributed by atoms with Gasteiger partial charge in [-0.1, -0.05) is 25.0 Å². The van der Waals surface area contributed by atoms with Gasteiger partial charge in [0.05, 0.1) is 0 Å². The van der Waals surface area contributed by atoms with Crippen LogP contribution < -0.4 is 5.32 Å². The van der Waals surface area contributed by atoms with Crippen LogP contribution in [0.3, 0.4) is 0 Å². The molecule has 2 bridgehead atoms. The van der Waals surface area contributed by atoms with Crippen molar-refractivity contribution in [2.75, 3.05) is 6.26 Å². The van der Waals surface area contributed by atoms with Gasteiger partial charge >= 0.3 is 0 Å². The predicted octanol–water partition coefficient (Wildman–Crippen LogP) is 3.85. The van der Waals surface area contributed by atoms with Crippen molar-refractivity contribution >= 4 is 11.8 Å². The molecule has 3 aliphatic rings. The standard InChI is InChI=1S/C16H27NS/c1-11(14-10-12-7-8-13(14)9-12)17-15-5-3-4-6-16(15)18-2/h7-8,11-17H,3-6,9-10H2,1-2H3. The lowest BCUT2D eigenvalue weighted by molar-refractivity contribution is 0.272. The molecule has 1 N–H and O–H groups in total. The lowest BCUT2D eigenvalue weighted by atomic mass is 9.86. The maximum atomic E-state index is 3.99. The summed E-state index contributed by atoms with van der Waals surface area (Å²) in [6.45, 7) is 2.44. The van der Waals surface area contributed by atoms with Gasteiger partial charge in [-0.3, -0.25) is 0 Å². The molecule has 6 unspecified atom stereocenters. The van der Waals surface area contributed by atoms with Crippen molar-refractivity contribution in [3.63, 3.8) is 0 Å². The SMILES string of the molecule is CSC1CCCCC1NC(C)C1CC2C=CC1C2. The summed E-state index contributed by atoms with van der Waals surface area (Å²) >= 11 is 2.08. The molecule has 1 nitrogen and oxygen atoms in total. The van der Waals surface area contributed by atoms with Crippen molar-refractivity contribution in [3.05, 3.63) is 12.2 Å². The molecule has 3 rings (SSSR count). The normalized spacial score (nSPS) is 44.4. The number of hydrogen-bond acceptors (Lipinski definition) is 2. The number of hydrogen-bond donors (Lipinski definition) is 1. The summed E-state index contributed by atoms with van der Waals surface area (Å²) in [6.07, 6.45) is 15.8. The third kappa shape index (κ3) is 2.51. The highest BCUT2D eigenvalue weighted by atomic mass is 32.2. The minimum absolute atomic E-state index is 0.711. The Morgan fingerprint density at radius 1 is 1.17 bits per heavy atom. The fourth-order valence-electron chi connectivity index (χ4n) is 4.43. The molecule has 6 atom stereocenters. The third-order valence-corrected chi connectivity index (χ3v) is 6.62. The topological polar surface area (TPSA) is 12.0 Å². The summed E-state index contributed by atoms with van der Waals surface area (Å²) in [7, 11) is 0. The fourth-order valence-corrected chi connectivity index (χ4v) is 5.37. The fraction of sp³-hybridized carbons (Fsp3) is 0.875. The highest BCUT2D eigenvalue weighted by Gasteiger charge is 2.39. The van der Waals surface area contributed by atoms with E-state index in [1.54, 1.807) is 0 Å². The van der Waals surface area contributed by atoms with E-state index in [1.165, 1.54) is 38.5 Å². The van der Waals surface area contributed by atoms with Crippen LogP contribution in [0.1, 0.15) is 45.4 Å². The lowest BCUT2D eigenvalue weighted by Crippen LogP contribution is -2.48. The van der Waals surface area contributed by atoms with E-state index in [2.05, 4.69) is 42.4 Å². The Bertz CT molecular complexity index is 314. The second kappa shape index (κ2) is 5.58. The predicted molar refractivity (Wildman–Crippen MR) is 81.0 cm³/mol. The molecule has 18 heavy (non-hydrogen) atoms. The van der Waals surface area contributed by atoms with Crippen LogP contribution in [-0.2, 0) is 0 Å². The van der Waals surface area contributed by atoms with Crippen molar-refractivity contribution in [2.45, 2.75) is 62.8 Å². The number of allylic oxidation sites excluding steroid dienone is 2. The van der Waals surface area contributed by atoms with Crippen molar-refractivity contribution in [1.82, 2.24) is 5.32 Å². The largest absolute Gasteiger partial charge is 0.310 e. The average Bonchev–Trinajstić information content (AvgIpc) is 3.01. The molecule has 2 fully saturated rings. The Hall–Kier alpha value is 0.0500. The Labute approximate surface area is 116 Å². The van der Waals surface area contributed by atoms with Crippen LogP contribution in [0.2, 0.25) is 0 Å². The van der Waals surface area contributed by atoms with E-state index in [-0.39, 0.29) is 0 Å². The summed E-state index contributed by atoms with van der Waals surface area (Å²) in [4.78, 5) is 0. The monoisotopic (exact) mass is 265 g/mol. The molecule has 3 aliphatic carbocycles. The summed E-state index contributed by atoms with van der Waals surface area (Å²) in [5, 5.41) is 4.85. The van der Waals surface area contributed by atoms with E-state index >= 15 is 0 Å². The molecule has 0 aliphatic heterocycles. The quantitative estimate of drug-likeness (QED) is 0.775. The van der Waals surface area contributed by atoms with Gasteiger partial charge in [0.15, 0.2) is 0 Å². The van der Waals surface area contributed by atoms with Gasteiger partial charge < -0.3 is 5.32 Å². The van der Waals surface area contributed by atoms with Gasteiger partial charge in [-0.25, -0.2) is 0 Å². The van der Waals surface area contributed by atoms with E-state index < -0.39 is 0 Å². The van der Waals surface area contributed by atoms with E-state index in [9.17, 15) is 0 Å². The molecule has 0 aromatic heterocycles. The van der Waals surface area contributed by atoms with Crippen molar-refractivity contribution in [2.24, 2.45) is 17.8 Å². The van der Waals surface area contributed by atoms with Crippen LogP contribution in [0.4, 0.5) is 0 Å². The third-order valence-electron chi connectivity index (χ3n) is 5.45. The van der Waals surface area contributed by atoms with Gasteiger partial charge in [-0.2, -0.15) is 11.8 Å². The van der Waals surface area contributed by atoms with Gasteiger partial charge in [0.2, 0.25) is 0 Å². The van der Waals surface area contributed by atoms with Gasteiger partial charge in [0.1, 0.15) is 0 Å². The zero-order chi connectivity index (χ0) is 12.5. The van der Waals surface area contributed by atoms with E-state index in [0.29, 0.717) is 6.04 Å². The van der Waals surface area contributed by atoms with Crippen LogP contribution in [0.25, 0.3) is 0 Å². The number of fused-ring (bicyclic) bond motifs is 2. The average molecular weight is 265 g/mol. The zero-order valence-corrected chi connectivity index (χ0v) is 12.6. The smallest absolute Gasteiger partial charge is 0.0198 e. The Morgan fingerprint density at radius 2 is 2.00 bits per heavy atom. The first-order chi connectivity index (χ1) is 8.78. The molecular weight excluding hydrogens is 238 g/mol. The number of nitrogens with one attached hydrogen (secondary N) is 1. The van der Waals surface area contributed by atoms with E-state index in [1.807, 2.05) is 0 Å². The molecule has 0 spiro atoms. The van der Waals surface area contributed by atoms with Crippen LogP contribution in [-0.4, -0.2) is 23.6 Å². The Kier molecular flexibility index (Phi) is 4.05. The molecule has 2 heteroatoms. The minimum atomic E-state index is 0.711. The summed E-state index contributed by atoms with van der Waals surface area (Å²) in [5.41, 5.74) is 0. The molecule has 0 aromatic carbocycles. The van der Waals surface area contributed by atoms with E-state index in [0.717, 1.165) is 29.0 Å². The van der Waals surface area contributed by atoms with Gasteiger partial charge in [0.25, 0.3) is 0 Å². The molecule has 2 saturated carbocycles. The van der Waals surface area contributed by atoms with Gasteiger partial charge in [-0.15, -0.1) is 0 Å². The molecule has 102 valence electrons. The maximum absolute atomic E-state index is 3.99. The summed E-state index contributed by atoms with van der Waals surface area (Å²) in [5.74, 6) is 2.70. The first kappa shape index (κ1) is 13.1. The second-order valence-electron chi connectivity index (χ2n) is 6.56. The van der Waals surface area contributed by atoms with Crippen LogP contribution >= 0.6 is 11.8 Å².